The number of hydrogen-bond donors (Lipinski definition) is 2. The van der Waals surface area contributed by atoms with Crippen molar-refractivity contribution in [3.63, 3.8) is 0 Å². The first-order valence-corrected chi connectivity index (χ1v) is 7.29. The van der Waals surface area contributed by atoms with Gasteiger partial charge in [0.2, 0.25) is 11.7 Å². The number of nitrogens with one attached hydrogen (secondary N) is 1. The van der Waals surface area contributed by atoms with Gasteiger partial charge in [0.05, 0.1) is 0 Å². The zero-order chi connectivity index (χ0) is 16.9. The predicted octanol–water partition coefficient (Wildman–Crippen LogP) is 2.23. The minimum Gasteiger partial charge on any atom is -0.489 e. The number of aryl methyl sites for hydroxylation is 1. The van der Waals surface area contributed by atoms with E-state index < -0.39 is 0 Å². The molecule has 0 bridgehead atoms. The summed E-state index contributed by atoms with van der Waals surface area (Å²) in [7, 11) is 0. The number of nitrogen functional groups attached to an aromatic ring is 1. The number of hydrazine groups is 1. The lowest BCUT2D eigenvalue weighted by molar-refractivity contribution is 0.0953. The highest BCUT2D eigenvalue weighted by Crippen LogP contribution is 2.19. The lowest BCUT2D eigenvalue weighted by Gasteiger charge is -2.08. The van der Waals surface area contributed by atoms with Crippen molar-refractivity contribution in [2.45, 2.75) is 13.5 Å². The molecular weight excluding hydrogens is 308 g/mol. The van der Waals surface area contributed by atoms with E-state index in [2.05, 4.69) is 15.6 Å². The number of benzene rings is 2. The molecule has 0 aliphatic heterocycles. The van der Waals surface area contributed by atoms with Gasteiger partial charge in [-0.2, -0.15) is 4.98 Å². The molecule has 0 aliphatic rings. The molecule has 3 rings (SSSR count). The molecular formula is C17H16N4O3. The minimum atomic E-state index is -0.343. The van der Waals surface area contributed by atoms with E-state index in [1.807, 2.05) is 24.3 Å². The number of carbonyl (C=O) groups excluding carboxylic acids is 1. The minimum absolute atomic E-state index is 0.343. The molecule has 0 fully saturated rings. The maximum absolute atomic E-state index is 11.4. The van der Waals surface area contributed by atoms with Crippen LogP contribution >= 0.6 is 0 Å². The lowest BCUT2D eigenvalue weighted by atomic mass is 10.1. The summed E-state index contributed by atoms with van der Waals surface area (Å²) in [6.07, 6.45) is 0. The van der Waals surface area contributed by atoms with Crippen molar-refractivity contribution in [1.82, 2.24) is 15.6 Å². The highest BCUT2D eigenvalue weighted by molar-refractivity contribution is 5.93. The number of hydrogen-bond acceptors (Lipinski definition) is 6. The maximum atomic E-state index is 11.4. The van der Waals surface area contributed by atoms with Gasteiger partial charge in [-0.15, -0.1) is 0 Å². The van der Waals surface area contributed by atoms with Gasteiger partial charge in [-0.1, -0.05) is 23.4 Å². The van der Waals surface area contributed by atoms with Gasteiger partial charge < -0.3 is 9.26 Å². The third-order valence-corrected chi connectivity index (χ3v) is 3.37. The molecule has 0 unspecified atom stereocenters. The number of nitrogens with zero attached hydrogens (tertiary/aromatic N) is 2. The monoisotopic (exact) mass is 324 g/mol. The third-order valence-electron chi connectivity index (χ3n) is 3.37. The molecule has 24 heavy (non-hydrogen) atoms. The van der Waals surface area contributed by atoms with Crippen LogP contribution < -0.4 is 16.0 Å². The van der Waals surface area contributed by atoms with Crippen LogP contribution in [0.3, 0.4) is 0 Å². The van der Waals surface area contributed by atoms with E-state index in [9.17, 15) is 4.79 Å². The number of carbonyl (C=O) groups is 1. The summed E-state index contributed by atoms with van der Waals surface area (Å²) in [5.41, 5.74) is 4.39. The molecule has 0 saturated heterocycles. The maximum Gasteiger partial charge on any atom is 0.265 e. The standard InChI is InChI=1S/C17H16N4O3/c1-11-19-16(21-24-11)14-4-2-3-12(9-14)10-23-15-7-5-13(6-8-15)17(22)20-18/h2-9H,10,18H2,1H3,(H,20,22). The highest BCUT2D eigenvalue weighted by atomic mass is 16.5. The van der Waals surface area contributed by atoms with E-state index in [0.29, 0.717) is 29.6 Å². The van der Waals surface area contributed by atoms with Gasteiger partial charge in [0, 0.05) is 18.1 Å². The van der Waals surface area contributed by atoms with Gasteiger partial charge >= 0.3 is 0 Å². The Morgan fingerprint density at radius 1 is 1.25 bits per heavy atom. The number of ether oxygens (including phenoxy) is 1. The molecule has 0 atom stereocenters. The van der Waals surface area contributed by atoms with Gasteiger partial charge in [-0.25, -0.2) is 5.84 Å². The largest absolute Gasteiger partial charge is 0.489 e. The molecule has 122 valence electrons. The van der Waals surface area contributed by atoms with E-state index in [1.54, 1.807) is 31.2 Å². The second-order valence-corrected chi connectivity index (χ2v) is 5.12. The van der Waals surface area contributed by atoms with Crippen LogP contribution in [0.15, 0.2) is 53.1 Å². The molecule has 1 heterocycles. The van der Waals surface area contributed by atoms with Gasteiger partial charge in [0.25, 0.3) is 5.91 Å². The summed E-state index contributed by atoms with van der Waals surface area (Å²) in [5, 5.41) is 3.90. The summed E-state index contributed by atoms with van der Waals surface area (Å²) in [4.78, 5) is 15.6. The summed E-state index contributed by atoms with van der Waals surface area (Å²) in [6, 6.07) is 14.5. The molecule has 0 aliphatic carbocycles. The fraction of sp³-hybridized carbons (Fsp3) is 0.118. The van der Waals surface area contributed by atoms with Gasteiger partial charge in [-0.05, 0) is 35.9 Å². The SMILES string of the molecule is Cc1nc(-c2cccc(COc3ccc(C(=O)NN)cc3)c2)no1. The lowest BCUT2D eigenvalue weighted by Crippen LogP contribution is -2.29. The van der Waals surface area contributed by atoms with Crippen molar-refractivity contribution in [3.05, 3.63) is 65.5 Å². The van der Waals surface area contributed by atoms with Crippen LogP contribution in [-0.4, -0.2) is 16.0 Å². The van der Waals surface area contributed by atoms with E-state index >= 15 is 0 Å². The number of rotatable bonds is 5. The van der Waals surface area contributed by atoms with E-state index in [1.165, 1.54) is 0 Å². The van der Waals surface area contributed by atoms with Crippen LogP contribution in [0.5, 0.6) is 5.75 Å². The summed E-state index contributed by atoms with van der Waals surface area (Å²) < 4.78 is 10.7. The van der Waals surface area contributed by atoms with Crippen LogP contribution in [0.1, 0.15) is 21.8 Å². The fourth-order valence-corrected chi connectivity index (χ4v) is 2.17. The zero-order valence-electron chi connectivity index (χ0n) is 13.0. The molecule has 1 amide bonds. The summed E-state index contributed by atoms with van der Waals surface area (Å²) in [5.74, 6) is 6.48. The number of aromatic nitrogens is 2. The number of amides is 1. The van der Waals surface area contributed by atoms with Crippen LogP contribution in [0, 0.1) is 6.92 Å². The van der Waals surface area contributed by atoms with Crippen molar-refractivity contribution < 1.29 is 14.1 Å². The van der Waals surface area contributed by atoms with E-state index in [0.717, 1.165) is 11.1 Å². The van der Waals surface area contributed by atoms with Crippen LogP contribution in [0.4, 0.5) is 0 Å². The van der Waals surface area contributed by atoms with E-state index in [-0.39, 0.29) is 5.91 Å². The third kappa shape index (κ3) is 3.58. The van der Waals surface area contributed by atoms with Crippen LogP contribution in [-0.2, 0) is 6.61 Å². The van der Waals surface area contributed by atoms with Crippen molar-refractivity contribution in [1.29, 1.82) is 0 Å². The molecule has 0 radical (unpaired) electrons. The van der Waals surface area contributed by atoms with Gasteiger partial charge in [0.15, 0.2) is 0 Å². The van der Waals surface area contributed by atoms with Gasteiger partial charge in [-0.3, -0.25) is 10.2 Å². The van der Waals surface area contributed by atoms with Crippen molar-refractivity contribution in [3.8, 4) is 17.1 Å². The van der Waals surface area contributed by atoms with E-state index in [4.69, 9.17) is 15.1 Å². The second kappa shape index (κ2) is 6.93. The Morgan fingerprint density at radius 2 is 2.04 bits per heavy atom. The predicted molar refractivity (Wildman–Crippen MR) is 86.9 cm³/mol. The Balaban J connectivity index is 1.67. The summed E-state index contributed by atoms with van der Waals surface area (Å²) in [6.45, 7) is 2.13. The molecule has 3 N–H and O–H groups in total. The Hall–Kier alpha value is -3.19. The molecule has 2 aromatic carbocycles. The quantitative estimate of drug-likeness (QED) is 0.424. The Bertz CT molecular complexity index is 843. The molecule has 1 aromatic heterocycles. The Labute approximate surface area is 138 Å². The highest BCUT2D eigenvalue weighted by Gasteiger charge is 2.07. The first-order valence-electron chi connectivity index (χ1n) is 7.29. The zero-order valence-corrected chi connectivity index (χ0v) is 13.0. The molecule has 0 spiro atoms. The molecule has 0 saturated carbocycles. The first-order chi connectivity index (χ1) is 11.7. The molecule has 3 aromatic rings. The Kier molecular flexibility index (Phi) is 4.53. The smallest absolute Gasteiger partial charge is 0.265 e. The first kappa shape index (κ1) is 15.7. The number of nitrogens with two attached hydrogens (primary N) is 1. The molecule has 7 nitrogen and oxygen atoms in total. The van der Waals surface area contributed by atoms with Gasteiger partial charge in [0.1, 0.15) is 12.4 Å². The van der Waals surface area contributed by atoms with Crippen molar-refractivity contribution >= 4 is 5.91 Å². The van der Waals surface area contributed by atoms with Crippen LogP contribution in [0.25, 0.3) is 11.4 Å². The normalized spacial score (nSPS) is 10.4. The van der Waals surface area contributed by atoms with Crippen molar-refractivity contribution in [2.24, 2.45) is 5.84 Å². The van der Waals surface area contributed by atoms with Crippen molar-refractivity contribution in [2.75, 3.05) is 0 Å². The average molecular weight is 324 g/mol. The Morgan fingerprint density at radius 3 is 2.71 bits per heavy atom. The van der Waals surface area contributed by atoms with Crippen LogP contribution in [0.2, 0.25) is 0 Å². The average Bonchev–Trinajstić information content (AvgIpc) is 3.06. The fourth-order valence-electron chi connectivity index (χ4n) is 2.17. The topological polar surface area (TPSA) is 103 Å². The summed E-state index contributed by atoms with van der Waals surface area (Å²) >= 11 is 0. The second-order valence-electron chi connectivity index (χ2n) is 5.12. The molecule has 7 heteroatoms.